The number of hydrogen-bond donors (Lipinski definition) is 1. The summed E-state index contributed by atoms with van der Waals surface area (Å²) in [6.07, 6.45) is 12.6. The molecule has 2 heteroatoms. The summed E-state index contributed by atoms with van der Waals surface area (Å²) in [5.74, 6) is 6.83. The van der Waals surface area contributed by atoms with Gasteiger partial charge in [-0.2, -0.15) is 0 Å². The van der Waals surface area contributed by atoms with Crippen molar-refractivity contribution in [3.05, 3.63) is 0 Å². The van der Waals surface area contributed by atoms with Gasteiger partial charge in [0.15, 0.2) is 0 Å². The van der Waals surface area contributed by atoms with Crippen molar-refractivity contribution in [2.45, 2.75) is 51.4 Å². The van der Waals surface area contributed by atoms with E-state index in [2.05, 4.69) is 5.32 Å². The lowest BCUT2D eigenvalue weighted by atomic mass is 9.50. The second-order valence-electron chi connectivity index (χ2n) is 7.52. The van der Waals surface area contributed by atoms with Crippen LogP contribution in [0.15, 0.2) is 0 Å². The van der Waals surface area contributed by atoms with Gasteiger partial charge in [0.2, 0.25) is 0 Å². The van der Waals surface area contributed by atoms with Crippen LogP contribution in [0.4, 0.5) is 0 Å². The SMILES string of the molecule is C1CC(CC2C3CC4CC(C3)CC2C4)CCN1.Cl. The van der Waals surface area contributed by atoms with Gasteiger partial charge in [0, 0.05) is 0 Å². The van der Waals surface area contributed by atoms with E-state index in [0.717, 1.165) is 35.5 Å². The van der Waals surface area contributed by atoms with E-state index in [1.54, 1.807) is 38.5 Å². The zero-order chi connectivity index (χ0) is 11.2. The fourth-order valence-corrected chi connectivity index (χ4v) is 5.93. The molecule has 1 N–H and O–H groups in total. The maximum Gasteiger partial charge on any atom is -0.00463 e. The molecule has 0 spiro atoms. The van der Waals surface area contributed by atoms with Crippen molar-refractivity contribution in [1.82, 2.24) is 5.32 Å². The van der Waals surface area contributed by atoms with Gasteiger partial charge in [0.1, 0.15) is 0 Å². The first-order valence-electron chi connectivity index (χ1n) is 8.09. The zero-order valence-electron chi connectivity index (χ0n) is 11.4. The van der Waals surface area contributed by atoms with Gasteiger partial charge < -0.3 is 5.32 Å². The van der Waals surface area contributed by atoms with E-state index in [1.165, 1.54) is 25.9 Å². The topological polar surface area (TPSA) is 12.0 Å². The van der Waals surface area contributed by atoms with Gasteiger partial charge in [-0.15, -0.1) is 12.4 Å². The van der Waals surface area contributed by atoms with Gasteiger partial charge >= 0.3 is 0 Å². The summed E-state index contributed by atoms with van der Waals surface area (Å²) < 4.78 is 0. The molecule has 5 rings (SSSR count). The molecule has 18 heavy (non-hydrogen) atoms. The molecule has 5 aliphatic rings. The molecule has 0 radical (unpaired) electrons. The monoisotopic (exact) mass is 269 g/mol. The molecule has 1 nitrogen and oxygen atoms in total. The fourth-order valence-electron chi connectivity index (χ4n) is 5.93. The Kier molecular flexibility index (Phi) is 3.92. The van der Waals surface area contributed by atoms with E-state index in [4.69, 9.17) is 0 Å². The molecule has 5 fully saturated rings. The summed E-state index contributed by atoms with van der Waals surface area (Å²) in [4.78, 5) is 0. The average Bonchev–Trinajstić information content (AvgIpc) is 2.34. The minimum Gasteiger partial charge on any atom is -0.317 e. The Morgan fingerprint density at radius 2 is 1.33 bits per heavy atom. The van der Waals surface area contributed by atoms with Crippen LogP contribution in [0.25, 0.3) is 0 Å². The first-order chi connectivity index (χ1) is 8.38. The van der Waals surface area contributed by atoms with E-state index in [1.807, 2.05) is 0 Å². The highest BCUT2D eigenvalue weighted by molar-refractivity contribution is 5.85. The molecular weight excluding hydrogens is 242 g/mol. The lowest BCUT2D eigenvalue weighted by Gasteiger charge is -2.55. The predicted octanol–water partition coefficient (Wildman–Crippen LogP) is 3.87. The molecule has 1 heterocycles. The maximum atomic E-state index is 3.52. The second-order valence-corrected chi connectivity index (χ2v) is 7.52. The van der Waals surface area contributed by atoms with Crippen molar-refractivity contribution in [3.8, 4) is 0 Å². The standard InChI is InChI=1S/C16H27N.ClH/c1-3-17-4-2-11(1)10-16-14-6-12-5-13(8-14)9-15(16)7-12;/h11-17H,1-10H2;1H. The third-order valence-electron chi connectivity index (χ3n) is 6.49. The molecule has 0 aromatic heterocycles. The van der Waals surface area contributed by atoms with Crippen LogP contribution < -0.4 is 5.32 Å². The van der Waals surface area contributed by atoms with Crippen molar-refractivity contribution in [3.63, 3.8) is 0 Å². The van der Waals surface area contributed by atoms with Crippen LogP contribution in [-0.2, 0) is 0 Å². The molecule has 1 saturated heterocycles. The van der Waals surface area contributed by atoms with Crippen LogP contribution in [0.5, 0.6) is 0 Å². The highest BCUT2D eigenvalue weighted by atomic mass is 35.5. The summed E-state index contributed by atoms with van der Waals surface area (Å²) in [6.45, 7) is 2.58. The Balaban J connectivity index is 0.000001000. The Morgan fingerprint density at radius 3 is 1.89 bits per heavy atom. The van der Waals surface area contributed by atoms with Gasteiger partial charge in [-0.3, -0.25) is 0 Å². The van der Waals surface area contributed by atoms with Crippen LogP contribution in [0, 0.1) is 35.5 Å². The smallest absolute Gasteiger partial charge is 0.00463 e. The van der Waals surface area contributed by atoms with Gasteiger partial charge in [-0.1, -0.05) is 0 Å². The van der Waals surface area contributed by atoms with Gasteiger partial charge in [0.25, 0.3) is 0 Å². The molecule has 0 aromatic carbocycles. The van der Waals surface area contributed by atoms with Crippen LogP contribution in [0.1, 0.15) is 51.4 Å². The summed E-state index contributed by atoms with van der Waals surface area (Å²) >= 11 is 0. The first kappa shape index (κ1) is 13.2. The molecule has 4 aliphatic carbocycles. The van der Waals surface area contributed by atoms with Crippen LogP contribution in [0.3, 0.4) is 0 Å². The van der Waals surface area contributed by atoms with E-state index in [-0.39, 0.29) is 12.4 Å². The van der Waals surface area contributed by atoms with Crippen LogP contribution >= 0.6 is 12.4 Å². The summed E-state index contributed by atoms with van der Waals surface area (Å²) in [6, 6.07) is 0. The van der Waals surface area contributed by atoms with E-state index < -0.39 is 0 Å². The maximum absolute atomic E-state index is 3.52. The van der Waals surface area contributed by atoms with Crippen molar-refractivity contribution in [2.24, 2.45) is 35.5 Å². The zero-order valence-corrected chi connectivity index (χ0v) is 12.3. The summed E-state index contributed by atoms with van der Waals surface area (Å²) in [5, 5.41) is 3.52. The largest absolute Gasteiger partial charge is 0.317 e. The normalized spacial score (nSPS) is 47.0. The average molecular weight is 270 g/mol. The van der Waals surface area contributed by atoms with Gasteiger partial charge in [0.05, 0.1) is 0 Å². The third-order valence-corrected chi connectivity index (χ3v) is 6.49. The van der Waals surface area contributed by atoms with Crippen molar-refractivity contribution >= 4 is 12.4 Å². The van der Waals surface area contributed by atoms with Crippen molar-refractivity contribution in [1.29, 1.82) is 0 Å². The van der Waals surface area contributed by atoms with Gasteiger partial charge in [-0.05, 0) is 100.0 Å². The Bertz CT molecular complexity index is 257. The Morgan fingerprint density at radius 1 is 0.778 bits per heavy atom. The predicted molar refractivity (Wildman–Crippen MR) is 78.0 cm³/mol. The minimum absolute atomic E-state index is 0. The molecule has 4 saturated carbocycles. The number of halogens is 1. The number of hydrogen-bond acceptors (Lipinski definition) is 1. The van der Waals surface area contributed by atoms with Crippen LogP contribution in [-0.4, -0.2) is 13.1 Å². The molecule has 0 atom stereocenters. The molecule has 104 valence electrons. The van der Waals surface area contributed by atoms with E-state index in [0.29, 0.717) is 0 Å². The molecular formula is C16H28ClN. The summed E-state index contributed by atoms with van der Waals surface area (Å²) in [7, 11) is 0. The minimum atomic E-state index is 0. The number of piperidine rings is 1. The second kappa shape index (κ2) is 5.32. The lowest BCUT2D eigenvalue weighted by molar-refractivity contribution is -0.0470. The molecule has 0 aromatic rings. The molecule has 0 amide bonds. The number of rotatable bonds is 2. The van der Waals surface area contributed by atoms with E-state index in [9.17, 15) is 0 Å². The van der Waals surface area contributed by atoms with Crippen LogP contribution in [0.2, 0.25) is 0 Å². The lowest BCUT2D eigenvalue weighted by Crippen LogP contribution is -2.46. The highest BCUT2D eigenvalue weighted by Crippen LogP contribution is 2.58. The number of nitrogens with one attached hydrogen (secondary N) is 1. The first-order valence-corrected chi connectivity index (χ1v) is 8.09. The third kappa shape index (κ3) is 2.33. The molecule has 1 aliphatic heterocycles. The van der Waals surface area contributed by atoms with Crippen molar-refractivity contribution < 1.29 is 0 Å². The Labute approximate surface area is 118 Å². The highest BCUT2D eigenvalue weighted by Gasteiger charge is 2.48. The Hall–Kier alpha value is 0.250. The molecule has 4 bridgehead atoms. The fraction of sp³-hybridized carbons (Fsp3) is 1.00. The quantitative estimate of drug-likeness (QED) is 0.803. The van der Waals surface area contributed by atoms with Gasteiger partial charge in [-0.25, -0.2) is 0 Å². The van der Waals surface area contributed by atoms with E-state index >= 15 is 0 Å². The van der Waals surface area contributed by atoms with Crippen molar-refractivity contribution in [2.75, 3.05) is 13.1 Å². The summed E-state index contributed by atoms with van der Waals surface area (Å²) in [5.41, 5.74) is 0. The molecule has 0 unspecified atom stereocenters.